The van der Waals surface area contributed by atoms with E-state index in [1.165, 1.54) is 20.3 Å². The largest absolute Gasteiger partial charge is 0.497 e. The van der Waals surface area contributed by atoms with Gasteiger partial charge in [-0.2, -0.15) is 4.31 Å². The molecule has 0 unspecified atom stereocenters. The van der Waals surface area contributed by atoms with E-state index in [2.05, 4.69) is 4.90 Å². The molecule has 0 aromatic heterocycles. The van der Waals surface area contributed by atoms with Gasteiger partial charge in [0.2, 0.25) is 10.0 Å². The van der Waals surface area contributed by atoms with Gasteiger partial charge >= 0.3 is 0 Å². The van der Waals surface area contributed by atoms with Crippen LogP contribution in [0, 0.1) is 0 Å². The van der Waals surface area contributed by atoms with Gasteiger partial charge in [0.15, 0.2) is 0 Å². The van der Waals surface area contributed by atoms with Crippen molar-refractivity contribution in [2.45, 2.75) is 23.8 Å². The van der Waals surface area contributed by atoms with E-state index >= 15 is 0 Å². The van der Waals surface area contributed by atoms with Gasteiger partial charge in [0.05, 0.1) is 14.2 Å². The standard InChI is InChI=1S/C15H22N2O4S/c1-20-13-5-6-14(21-2)15(10-13)22(18,19)17-9-8-16-7-3-4-12(16)11-17/h5-6,10,12H,3-4,7-9,11H2,1-2H3/t12-/m1/s1. The smallest absolute Gasteiger partial charge is 0.246 e. The van der Waals surface area contributed by atoms with Crippen LogP contribution < -0.4 is 9.47 Å². The van der Waals surface area contributed by atoms with Gasteiger partial charge in [0.25, 0.3) is 0 Å². The Kier molecular flexibility index (Phi) is 4.29. The summed E-state index contributed by atoms with van der Waals surface area (Å²) in [5.41, 5.74) is 0. The minimum atomic E-state index is -3.57. The van der Waals surface area contributed by atoms with E-state index in [4.69, 9.17) is 9.47 Å². The van der Waals surface area contributed by atoms with Gasteiger partial charge in [-0.1, -0.05) is 0 Å². The van der Waals surface area contributed by atoms with Gasteiger partial charge in [-0.15, -0.1) is 0 Å². The lowest BCUT2D eigenvalue weighted by Gasteiger charge is -2.36. The molecule has 0 N–H and O–H groups in total. The first-order valence-corrected chi connectivity index (χ1v) is 8.96. The highest BCUT2D eigenvalue weighted by Gasteiger charge is 2.37. The van der Waals surface area contributed by atoms with Crippen molar-refractivity contribution in [3.8, 4) is 11.5 Å². The highest BCUT2D eigenvalue weighted by molar-refractivity contribution is 7.89. The molecule has 7 heteroatoms. The quantitative estimate of drug-likeness (QED) is 0.831. The molecular weight excluding hydrogens is 304 g/mol. The Labute approximate surface area is 131 Å². The molecule has 3 rings (SSSR count). The molecule has 2 fully saturated rings. The Bertz CT molecular complexity index is 647. The number of methoxy groups -OCH3 is 2. The number of piperazine rings is 1. The second-order valence-electron chi connectivity index (χ2n) is 5.71. The summed E-state index contributed by atoms with van der Waals surface area (Å²) in [6.07, 6.45) is 2.22. The zero-order valence-electron chi connectivity index (χ0n) is 13.0. The summed E-state index contributed by atoms with van der Waals surface area (Å²) in [4.78, 5) is 2.57. The highest BCUT2D eigenvalue weighted by atomic mass is 32.2. The molecule has 1 atom stereocenters. The molecule has 0 radical (unpaired) electrons. The zero-order chi connectivity index (χ0) is 15.7. The summed E-state index contributed by atoms with van der Waals surface area (Å²) in [5, 5.41) is 0. The maximum Gasteiger partial charge on any atom is 0.246 e. The number of nitrogens with zero attached hydrogens (tertiary/aromatic N) is 2. The average Bonchev–Trinajstić information content (AvgIpc) is 3.01. The number of hydrogen-bond donors (Lipinski definition) is 0. The van der Waals surface area contributed by atoms with Crippen LogP contribution >= 0.6 is 0 Å². The van der Waals surface area contributed by atoms with E-state index in [1.54, 1.807) is 16.4 Å². The predicted octanol–water partition coefficient (Wildman–Crippen LogP) is 1.17. The fourth-order valence-electron chi connectivity index (χ4n) is 3.31. The van der Waals surface area contributed by atoms with Crippen LogP contribution in [0.4, 0.5) is 0 Å². The summed E-state index contributed by atoms with van der Waals surface area (Å²) in [6.45, 7) is 2.97. The first-order chi connectivity index (χ1) is 10.6. The molecule has 0 aliphatic carbocycles. The summed E-state index contributed by atoms with van der Waals surface area (Å²) in [6, 6.07) is 5.22. The van der Waals surface area contributed by atoms with Crippen LogP contribution in [0.1, 0.15) is 12.8 Å². The van der Waals surface area contributed by atoms with Crippen molar-refractivity contribution >= 4 is 10.0 Å². The molecule has 2 aliphatic heterocycles. The lowest BCUT2D eigenvalue weighted by atomic mass is 10.2. The van der Waals surface area contributed by atoms with Crippen molar-refractivity contribution in [2.75, 3.05) is 40.4 Å². The van der Waals surface area contributed by atoms with Gasteiger partial charge in [0.1, 0.15) is 16.4 Å². The molecule has 0 amide bonds. The fourth-order valence-corrected chi connectivity index (χ4v) is 4.94. The lowest BCUT2D eigenvalue weighted by molar-refractivity contribution is 0.158. The summed E-state index contributed by atoms with van der Waals surface area (Å²) >= 11 is 0. The van der Waals surface area contributed by atoms with Crippen molar-refractivity contribution in [3.63, 3.8) is 0 Å². The van der Waals surface area contributed by atoms with Crippen LogP contribution in [-0.2, 0) is 10.0 Å². The van der Waals surface area contributed by atoms with Crippen LogP contribution in [0.3, 0.4) is 0 Å². The Balaban J connectivity index is 1.92. The fraction of sp³-hybridized carbons (Fsp3) is 0.600. The van der Waals surface area contributed by atoms with Crippen molar-refractivity contribution in [1.82, 2.24) is 9.21 Å². The van der Waals surface area contributed by atoms with Gasteiger partial charge in [-0.25, -0.2) is 8.42 Å². The molecule has 2 aliphatic rings. The van der Waals surface area contributed by atoms with Crippen molar-refractivity contribution in [3.05, 3.63) is 18.2 Å². The first-order valence-electron chi connectivity index (χ1n) is 7.52. The molecule has 1 aromatic carbocycles. The average molecular weight is 326 g/mol. The molecule has 22 heavy (non-hydrogen) atoms. The van der Waals surface area contributed by atoms with Gasteiger partial charge in [0, 0.05) is 31.7 Å². The molecule has 0 spiro atoms. The lowest BCUT2D eigenvalue weighted by Crippen LogP contribution is -2.51. The molecule has 2 saturated heterocycles. The Morgan fingerprint density at radius 1 is 1.14 bits per heavy atom. The van der Waals surface area contributed by atoms with Crippen LogP contribution in [0.15, 0.2) is 23.1 Å². The zero-order valence-corrected chi connectivity index (χ0v) is 13.8. The maximum atomic E-state index is 13.0. The van der Waals surface area contributed by atoms with Crippen LogP contribution in [0.25, 0.3) is 0 Å². The minimum absolute atomic E-state index is 0.181. The third-order valence-electron chi connectivity index (χ3n) is 4.54. The van der Waals surface area contributed by atoms with Crippen LogP contribution in [0.2, 0.25) is 0 Å². The number of sulfonamides is 1. The number of fused-ring (bicyclic) bond motifs is 1. The Morgan fingerprint density at radius 3 is 2.68 bits per heavy atom. The van der Waals surface area contributed by atoms with Crippen LogP contribution in [0.5, 0.6) is 11.5 Å². The second-order valence-corrected chi connectivity index (χ2v) is 7.62. The summed E-state index contributed by atoms with van der Waals surface area (Å²) in [7, 11) is -0.569. The minimum Gasteiger partial charge on any atom is -0.497 e. The summed E-state index contributed by atoms with van der Waals surface area (Å²) in [5.74, 6) is 0.869. The third kappa shape index (κ3) is 2.68. The van der Waals surface area contributed by atoms with E-state index in [-0.39, 0.29) is 4.90 Å². The molecule has 6 nitrogen and oxygen atoms in total. The Morgan fingerprint density at radius 2 is 1.95 bits per heavy atom. The molecule has 1 aromatic rings. The number of ether oxygens (including phenoxy) is 2. The van der Waals surface area contributed by atoms with Crippen molar-refractivity contribution in [2.24, 2.45) is 0 Å². The topological polar surface area (TPSA) is 59.1 Å². The van der Waals surface area contributed by atoms with Crippen LogP contribution in [-0.4, -0.2) is 64.1 Å². The van der Waals surface area contributed by atoms with Gasteiger partial charge in [-0.05, 0) is 31.5 Å². The first kappa shape index (κ1) is 15.6. The van der Waals surface area contributed by atoms with Crippen molar-refractivity contribution < 1.29 is 17.9 Å². The number of rotatable bonds is 4. The predicted molar refractivity (Wildman–Crippen MR) is 82.9 cm³/mol. The Hall–Kier alpha value is -1.31. The third-order valence-corrected chi connectivity index (χ3v) is 6.43. The molecular formula is C15H22N2O4S. The summed E-state index contributed by atoms with van der Waals surface area (Å²) < 4.78 is 38.0. The van der Waals surface area contributed by atoms with Gasteiger partial charge < -0.3 is 9.47 Å². The number of hydrogen-bond acceptors (Lipinski definition) is 5. The highest BCUT2D eigenvalue weighted by Crippen LogP contribution is 2.32. The van der Waals surface area contributed by atoms with Crippen molar-refractivity contribution in [1.29, 1.82) is 0 Å². The monoisotopic (exact) mass is 326 g/mol. The van der Waals surface area contributed by atoms with E-state index < -0.39 is 10.0 Å². The molecule has 2 heterocycles. The molecule has 122 valence electrons. The second kappa shape index (κ2) is 6.06. The maximum absolute atomic E-state index is 13.0. The molecule has 0 bridgehead atoms. The van der Waals surface area contributed by atoms with E-state index in [0.29, 0.717) is 30.6 Å². The van der Waals surface area contributed by atoms with Gasteiger partial charge in [-0.3, -0.25) is 4.90 Å². The normalized spacial score (nSPS) is 23.3. The number of benzene rings is 1. The molecule has 0 saturated carbocycles. The SMILES string of the molecule is COc1ccc(OC)c(S(=O)(=O)N2CCN3CCC[C@@H]3C2)c1. The van der Waals surface area contributed by atoms with E-state index in [1.807, 2.05) is 0 Å². The van der Waals surface area contributed by atoms with E-state index in [9.17, 15) is 8.42 Å². The van der Waals surface area contributed by atoms with E-state index in [0.717, 1.165) is 25.9 Å².